The molecule has 2 aromatic carbocycles. The summed E-state index contributed by atoms with van der Waals surface area (Å²) in [5, 5.41) is 17.5. The fourth-order valence-corrected chi connectivity index (χ4v) is 2.47. The van der Waals surface area contributed by atoms with Gasteiger partial charge in [-0.3, -0.25) is 0 Å². The van der Waals surface area contributed by atoms with Crippen molar-refractivity contribution in [1.29, 1.82) is 0 Å². The Labute approximate surface area is 123 Å². The van der Waals surface area contributed by atoms with E-state index < -0.39 is 5.97 Å². The summed E-state index contributed by atoms with van der Waals surface area (Å²) in [6.45, 7) is 1.94. The molecule has 0 saturated heterocycles. The van der Waals surface area contributed by atoms with Crippen LogP contribution in [0.4, 0.5) is 0 Å². The molecule has 0 unspecified atom stereocenters. The first-order valence-electron chi connectivity index (χ1n) is 5.92. The van der Waals surface area contributed by atoms with Crippen LogP contribution in [0, 0.1) is 6.92 Å². The second-order valence-electron chi connectivity index (χ2n) is 4.41. The van der Waals surface area contributed by atoms with E-state index in [0.29, 0.717) is 11.0 Å². The number of carboxylic acid groups (broad SMARTS) is 1. The number of nitrogens with zero attached hydrogens (tertiary/aromatic N) is 3. The molecule has 100 valence electrons. The standard InChI is InChI=1S/C14H10BrN3O2/c1-8-5-6-9(15)7-12(8)18-13-10(14(19)20)3-2-4-11(13)16-17-18/h2-7H,1H3,(H,19,20). The first-order valence-corrected chi connectivity index (χ1v) is 6.71. The van der Waals surface area contributed by atoms with Crippen molar-refractivity contribution in [2.24, 2.45) is 0 Å². The Morgan fingerprint density at radius 2 is 2.10 bits per heavy atom. The Hall–Kier alpha value is -2.21. The minimum Gasteiger partial charge on any atom is -0.478 e. The molecule has 1 heterocycles. The Bertz CT molecular complexity index is 826. The van der Waals surface area contributed by atoms with Crippen LogP contribution in [0.5, 0.6) is 0 Å². The van der Waals surface area contributed by atoms with Crippen LogP contribution in [0.25, 0.3) is 16.7 Å². The summed E-state index contributed by atoms with van der Waals surface area (Å²) in [6, 6.07) is 10.7. The van der Waals surface area contributed by atoms with Gasteiger partial charge >= 0.3 is 5.97 Å². The average Bonchev–Trinajstić information content (AvgIpc) is 2.85. The smallest absolute Gasteiger partial charge is 0.337 e. The molecular formula is C14H10BrN3O2. The topological polar surface area (TPSA) is 68.0 Å². The molecule has 6 heteroatoms. The van der Waals surface area contributed by atoms with Crippen LogP contribution in [-0.2, 0) is 0 Å². The zero-order chi connectivity index (χ0) is 14.3. The minimum atomic E-state index is -0.994. The fraction of sp³-hybridized carbons (Fsp3) is 0.0714. The number of aromatic nitrogens is 3. The van der Waals surface area contributed by atoms with E-state index in [-0.39, 0.29) is 5.56 Å². The molecule has 0 aliphatic heterocycles. The predicted molar refractivity (Wildman–Crippen MR) is 78.3 cm³/mol. The van der Waals surface area contributed by atoms with E-state index in [1.165, 1.54) is 0 Å². The molecule has 0 fully saturated rings. The third-order valence-corrected chi connectivity index (χ3v) is 3.59. The highest BCUT2D eigenvalue weighted by Crippen LogP contribution is 2.24. The van der Waals surface area contributed by atoms with Gasteiger partial charge in [-0.05, 0) is 36.8 Å². The number of hydrogen-bond acceptors (Lipinski definition) is 3. The summed E-state index contributed by atoms with van der Waals surface area (Å²) in [5.41, 5.74) is 3.04. The van der Waals surface area contributed by atoms with Crippen molar-refractivity contribution >= 4 is 32.9 Å². The molecule has 3 rings (SSSR count). The number of carbonyl (C=O) groups is 1. The maximum absolute atomic E-state index is 11.4. The third kappa shape index (κ3) is 1.98. The SMILES string of the molecule is Cc1ccc(Br)cc1-n1nnc2cccc(C(=O)O)c21. The summed E-state index contributed by atoms with van der Waals surface area (Å²) >= 11 is 3.42. The van der Waals surface area contributed by atoms with Crippen LogP contribution in [0.15, 0.2) is 40.9 Å². The number of aryl methyl sites for hydroxylation is 1. The van der Waals surface area contributed by atoms with Gasteiger partial charge in [0.05, 0.1) is 11.3 Å². The molecule has 0 atom stereocenters. The van der Waals surface area contributed by atoms with E-state index in [0.717, 1.165) is 15.7 Å². The highest BCUT2D eigenvalue weighted by Gasteiger charge is 2.16. The number of benzene rings is 2. The van der Waals surface area contributed by atoms with Crippen molar-refractivity contribution in [2.75, 3.05) is 0 Å². The van der Waals surface area contributed by atoms with E-state index >= 15 is 0 Å². The quantitative estimate of drug-likeness (QED) is 0.783. The second kappa shape index (κ2) is 4.72. The monoisotopic (exact) mass is 331 g/mol. The number of fused-ring (bicyclic) bond motifs is 1. The van der Waals surface area contributed by atoms with Gasteiger partial charge in [0.1, 0.15) is 11.0 Å². The Balaban J connectivity index is 2.37. The maximum atomic E-state index is 11.4. The maximum Gasteiger partial charge on any atom is 0.337 e. The van der Waals surface area contributed by atoms with Crippen LogP contribution in [-0.4, -0.2) is 26.1 Å². The zero-order valence-corrected chi connectivity index (χ0v) is 12.1. The molecule has 0 amide bonds. The van der Waals surface area contributed by atoms with Gasteiger partial charge in [-0.2, -0.15) is 0 Å². The normalized spacial score (nSPS) is 10.9. The lowest BCUT2D eigenvalue weighted by Gasteiger charge is -2.08. The first-order chi connectivity index (χ1) is 9.58. The van der Waals surface area contributed by atoms with Crippen molar-refractivity contribution < 1.29 is 9.90 Å². The number of aromatic carboxylic acids is 1. The molecule has 0 spiro atoms. The lowest BCUT2D eigenvalue weighted by molar-refractivity contribution is 0.0698. The molecule has 0 bridgehead atoms. The average molecular weight is 332 g/mol. The highest BCUT2D eigenvalue weighted by atomic mass is 79.9. The summed E-state index contributed by atoms with van der Waals surface area (Å²) in [4.78, 5) is 11.4. The van der Waals surface area contributed by atoms with Gasteiger partial charge in [-0.15, -0.1) is 5.10 Å². The highest BCUT2D eigenvalue weighted by molar-refractivity contribution is 9.10. The molecule has 3 aromatic rings. The van der Waals surface area contributed by atoms with Crippen molar-refractivity contribution in [3.05, 3.63) is 52.0 Å². The molecule has 1 aromatic heterocycles. The Morgan fingerprint density at radius 3 is 2.85 bits per heavy atom. The number of para-hydroxylation sites is 1. The number of hydrogen-bond donors (Lipinski definition) is 1. The van der Waals surface area contributed by atoms with Gasteiger partial charge in [-0.1, -0.05) is 33.3 Å². The fourth-order valence-electron chi connectivity index (χ4n) is 2.12. The van der Waals surface area contributed by atoms with Crippen LogP contribution in [0.2, 0.25) is 0 Å². The van der Waals surface area contributed by atoms with Gasteiger partial charge in [0.15, 0.2) is 0 Å². The Kier molecular flexibility index (Phi) is 3.02. The summed E-state index contributed by atoms with van der Waals surface area (Å²) < 4.78 is 2.47. The molecule has 5 nitrogen and oxygen atoms in total. The van der Waals surface area contributed by atoms with E-state index in [9.17, 15) is 9.90 Å². The van der Waals surface area contributed by atoms with E-state index in [1.54, 1.807) is 22.9 Å². The van der Waals surface area contributed by atoms with E-state index in [1.807, 2.05) is 25.1 Å². The van der Waals surface area contributed by atoms with E-state index in [4.69, 9.17) is 0 Å². The van der Waals surface area contributed by atoms with Crippen LogP contribution in [0.3, 0.4) is 0 Å². The van der Waals surface area contributed by atoms with Crippen LogP contribution >= 0.6 is 15.9 Å². The van der Waals surface area contributed by atoms with Gasteiger partial charge in [0.25, 0.3) is 0 Å². The molecule has 0 aliphatic rings. The number of carboxylic acids is 1. The van der Waals surface area contributed by atoms with Gasteiger partial charge in [0.2, 0.25) is 0 Å². The molecule has 0 radical (unpaired) electrons. The molecule has 0 aliphatic carbocycles. The number of halogens is 1. The first kappa shape index (κ1) is 12.8. The molecule has 0 saturated carbocycles. The zero-order valence-electron chi connectivity index (χ0n) is 10.5. The largest absolute Gasteiger partial charge is 0.478 e. The van der Waals surface area contributed by atoms with Crippen molar-refractivity contribution in [2.45, 2.75) is 6.92 Å². The molecule has 20 heavy (non-hydrogen) atoms. The van der Waals surface area contributed by atoms with Crippen molar-refractivity contribution in [3.63, 3.8) is 0 Å². The van der Waals surface area contributed by atoms with Gasteiger partial charge in [0, 0.05) is 4.47 Å². The van der Waals surface area contributed by atoms with Crippen molar-refractivity contribution in [1.82, 2.24) is 15.0 Å². The summed E-state index contributed by atoms with van der Waals surface area (Å²) in [5.74, 6) is -0.994. The van der Waals surface area contributed by atoms with Gasteiger partial charge in [-0.25, -0.2) is 9.48 Å². The summed E-state index contributed by atoms with van der Waals surface area (Å²) in [7, 11) is 0. The Morgan fingerprint density at radius 1 is 1.30 bits per heavy atom. The molecular weight excluding hydrogens is 322 g/mol. The van der Waals surface area contributed by atoms with Crippen molar-refractivity contribution in [3.8, 4) is 5.69 Å². The predicted octanol–water partition coefficient (Wildman–Crippen LogP) is 3.19. The lowest BCUT2D eigenvalue weighted by Crippen LogP contribution is -2.04. The lowest BCUT2D eigenvalue weighted by atomic mass is 10.1. The number of rotatable bonds is 2. The van der Waals surface area contributed by atoms with Gasteiger partial charge < -0.3 is 5.11 Å². The summed E-state index contributed by atoms with van der Waals surface area (Å²) in [6.07, 6.45) is 0. The second-order valence-corrected chi connectivity index (χ2v) is 5.33. The van der Waals surface area contributed by atoms with E-state index in [2.05, 4.69) is 26.2 Å². The van der Waals surface area contributed by atoms with Crippen LogP contribution < -0.4 is 0 Å². The van der Waals surface area contributed by atoms with Crippen LogP contribution in [0.1, 0.15) is 15.9 Å². The minimum absolute atomic E-state index is 0.187. The third-order valence-electron chi connectivity index (χ3n) is 3.10. The molecule has 1 N–H and O–H groups in total.